The maximum absolute atomic E-state index is 12.6. The van der Waals surface area contributed by atoms with Gasteiger partial charge in [-0.05, 0) is 49.3 Å². The summed E-state index contributed by atoms with van der Waals surface area (Å²) in [5.41, 5.74) is 1.18. The molecule has 29 heavy (non-hydrogen) atoms. The molecule has 3 heterocycles. The van der Waals surface area contributed by atoms with E-state index in [-0.39, 0.29) is 22.9 Å². The van der Waals surface area contributed by atoms with Crippen LogP contribution < -0.4 is 5.32 Å². The van der Waals surface area contributed by atoms with Gasteiger partial charge in [-0.15, -0.1) is 0 Å². The number of urea groups is 1. The highest BCUT2D eigenvalue weighted by atomic mass is 32.2. The molecule has 1 aliphatic carbocycles. The van der Waals surface area contributed by atoms with Crippen molar-refractivity contribution in [2.45, 2.75) is 42.5 Å². The van der Waals surface area contributed by atoms with E-state index in [1.807, 2.05) is 21.9 Å². The molecule has 1 aromatic rings. The van der Waals surface area contributed by atoms with Gasteiger partial charge in [0.1, 0.15) is 0 Å². The molecule has 3 amide bonds. The zero-order chi connectivity index (χ0) is 20.4. The second-order valence-electron chi connectivity index (χ2n) is 9.72. The molecule has 8 heteroatoms. The van der Waals surface area contributed by atoms with Crippen molar-refractivity contribution < 1.29 is 18.0 Å². The van der Waals surface area contributed by atoms with Gasteiger partial charge in [-0.3, -0.25) is 4.79 Å². The molecule has 0 radical (unpaired) electrons. The van der Waals surface area contributed by atoms with Crippen LogP contribution >= 0.6 is 0 Å². The van der Waals surface area contributed by atoms with Crippen LogP contribution in [0.5, 0.6) is 0 Å². The molecule has 4 aliphatic rings. The molecule has 0 atom stereocenters. The van der Waals surface area contributed by atoms with E-state index in [1.54, 1.807) is 12.1 Å². The number of amides is 3. The molecule has 3 aliphatic heterocycles. The summed E-state index contributed by atoms with van der Waals surface area (Å²) < 4.78 is 23.5. The topological polar surface area (TPSA) is 86.8 Å². The quantitative estimate of drug-likeness (QED) is 0.806. The molecular weight excluding hydrogens is 390 g/mol. The highest BCUT2D eigenvalue weighted by Crippen LogP contribution is 2.53. The zero-order valence-corrected chi connectivity index (χ0v) is 17.5. The molecule has 0 unspecified atom stereocenters. The first-order valence-corrected chi connectivity index (χ1v) is 12.2. The molecule has 156 valence electrons. The van der Waals surface area contributed by atoms with E-state index in [2.05, 4.69) is 5.32 Å². The lowest BCUT2D eigenvalue weighted by Crippen LogP contribution is -2.73. The predicted octanol–water partition coefficient (Wildman–Crippen LogP) is 1.43. The largest absolute Gasteiger partial charge is 0.347 e. The third-order valence-electron chi connectivity index (χ3n) is 7.11. The fourth-order valence-corrected chi connectivity index (χ4v) is 6.42. The van der Waals surface area contributed by atoms with Crippen molar-refractivity contribution in [3.05, 3.63) is 29.8 Å². The maximum Gasteiger partial charge on any atom is 0.320 e. The second kappa shape index (κ2) is 6.20. The first-order chi connectivity index (χ1) is 13.7. The summed E-state index contributed by atoms with van der Waals surface area (Å²) in [5.74, 6) is 0.658. The molecule has 4 fully saturated rings. The van der Waals surface area contributed by atoms with E-state index in [1.165, 1.54) is 6.26 Å². The number of rotatable bonds is 3. The van der Waals surface area contributed by atoms with Crippen LogP contribution in [0.3, 0.4) is 0 Å². The van der Waals surface area contributed by atoms with Gasteiger partial charge in [-0.2, -0.15) is 0 Å². The molecular formula is C21H27N3O4S. The number of nitrogens with one attached hydrogen (secondary N) is 1. The van der Waals surface area contributed by atoms with Gasteiger partial charge < -0.3 is 15.1 Å². The minimum atomic E-state index is -3.17. The summed E-state index contributed by atoms with van der Waals surface area (Å²) in [6.45, 7) is 2.92. The highest BCUT2D eigenvalue weighted by Gasteiger charge is 2.56. The Kier molecular flexibility index (Phi) is 4.04. The van der Waals surface area contributed by atoms with Gasteiger partial charge in [0.05, 0.1) is 10.4 Å². The minimum absolute atomic E-state index is 0.0996. The van der Waals surface area contributed by atoms with Crippen LogP contribution in [0.2, 0.25) is 0 Å². The zero-order valence-electron chi connectivity index (χ0n) is 16.7. The SMILES string of the molecule is CS(=O)(=O)c1cccc(CC2CC3(C2)CN(C(=O)N2CC4(CCC(=O)N4)C2)C3)c1. The lowest BCUT2D eigenvalue weighted by Gasteiger charge is -2.61. The van der Waals surface area contributed by atoms with Crippen LogP contribution in [-0.4, -0.2) is 68.1 Å². The molecule has 3 saturated heterocycles. The Morgan fingerprint density at radius 3 is 2.48 bits per heavy atom. The molecule has 1 saturated carbocycles. The Balaban J connectivity index is 1.09. The number of likely N-dealkylation sites (tertiary alicyclic amines) is 2. The van der Waals surface area contributed by atoms with Crippen molar-refractivity contribution in [1.29, 1.82) is 0 Å². The maximum atomic E-state index is 12.6. The lowest BCUT2D eigenvalue weighted by molar-refractivity contribution is -0.120. The Hall–Kier alpha value is -2.09. The van der Waals surface area contributed by atoms with E-state index in [0.717, 1.165) is 44.3 Å². The Labute approximate surface area is 171 Å². The fraction of sp³-hybridized carbons (Fsp3) is 0.619. The number of nitrogens with zero attached hydrogens (tertiary/aromatic N) is 2. The van der Waals surface area contributed by atoms with E-state index in [9.17, 15) is 18.0 Å². The summed E-state index contributed by atoms with van der Waals surface area (Å²) in [7, 11) is -3.17. The summed E-state index contributed by atoms with van der Waals surface area (Å²) in [6, 6.07) is 7.35. The summed E-state index contributed by atoms with van der Waals surface area (Å²) in [6.07, 6.45) is 5.74. The van der Waals surface area contributed by atoms with Crippen molar-refractivity contribution in [3.8, 4) is 0 Å². The summed E-state index contributed by atoms with van der Waals surface area (Å²) in [5, 5.41) is 3.02. The van der Waals surface area contributed by atoms with Gasteiger partial charge in [0.15, 0.2) is 9.84 Å². The highest BCUT2D eigenvalue weighted by molar-refractivity contribution is 7.90. The van der Waals surface area contributed by atoms with Crippen molar-refractivity contribution in [3.63, 3.8) is 0 Å². The van der Waals surface area contributed by atoms with Gasteiger partial charge >= 0.3 is 6.03 Å². The van der Waals surface area contributed by atoms with Crippen molar-refractivity contribution in [1.82, 2.24) is 15.1 Å². The third kappa shape index (κ3) is 3.31. The number of carbonyl (C=O) groups is 2. The Bertz CT molecular complexity index is 969. The average Bonchev–Trinajstić information content (AvgIpc) is 2.96. The minimum Gasteiger partial charge on any atom is -0.347 e. The van der Waals surface area contributed by atoms with Crippen molar-refractivity contribution in [2.75, 3.05) is 32.4 Å². The van der Waals surface area contributed by atoms with E-state index < -0.39 is 9.84 Å². The van der Waals surface area contributed by atoms with Gasteiger partial charge in [0.2, 0.25) is 5.91 Å². The van der Waals surface area contributed by atoms with Crippen LogP contribution in [-0.2, 0) is 21.1 Å². The monoisotopic (exact) mass is 417 g/mol. The lowest BCUT2D eigenvalue weighted by atomic mass is 9.56. The van der Waals surface area contributed by atoms with Crippen LogP contribution in [0.25, 0.3) is 0 Å². The number of hydrogen-bond donors (Lipinski definition) is 1. The van der Waals surface area contributed by atoms with E-state index in [4.69, 9.17) is 0 Å². The standard InChI is InChI=1S/C21H27N3O4S/c1-29(27,28)17-4-2-3-15(8-17)7-16-9-20(10-16)11-23(12-20)19(26)24-13-21(14-24)6-5-18(25)22-21/h2-4,8,16H,5-7,9-14H2,1H3,(H,22,25). The molecule has 1 aromatic carbocycles. The Morgan fingerprint density at radius 1 is 1.17 bits per heavy atom. The van der Waals surface area contributed by atoms with E-state index >= 15 is 0 Å². The number of benzene rings is 1. The van der Waals surface area contributed by atoms with Crippen LogP contribution in [0, 0.1) is 11.3 Å². The number of hydrogen-bond acceptors (Lipinski definition) is 4. The second-order valence-corrected chi connectivity index (χ2v) is 11.7. The van der Waals surface area contributed by atoms with Gasteiger partial charge in [0, 0.05) is 44.3 Å². The van der Waals surface area contributed by atoms with Crippen molar-refractivity contribution in [2.24, 2.45) is 11.3 Å². The normalized spacial score (nSPS) is 24.8. The molecule has 0 aromatic heterocycles. The molecule has 0 bridgehead atoms. The number of carbonyl (C=O) groups excluding carboxylic acids is 2. The van der Waals surface area contributed by atoms with Crippen molar-refractivity contribution >= 4 is 21.8 Å². The van der Waals surface area contributed by atoms with Gasteiger partial charge in [0.25, 0.3) is 0 Å². The van der Waals surface area contributed by atoms with Gasteiger partial charge in [-0.1, -0.05) is 12.1 Å². The van der Waals surface area contributed by atoms with Crippen LogP contribution in [0.4, 0.5) is 4.79 Å². The summed E-state index contributed by atoms with van der Waals surface area (Å²) in [4.78, 5) is 28.3. The molecule has 5 rings (SSSR count). The third-order valence-corrected chi connectivity index (χ3v) is 8.22. The predicted molar refractivity (Wildman–Crippen MR) is 107 cm³/mol. The van der Waals surface area contributed by atoms with Crippen LogP contribution in [0.1, 0.15) is 31.2 Å². The fourth-order valence-electron chi connectivity index (χ4n) is 5.73. The average molecular weight is 418 g/mol. The molecule has 2 spiro atoms. The first-order valence-electron chi connectivity index (χ1n) is 10.3. The number of sulfone groups is 1. The van der Waals surface area contributed by atoms with Crippen LogP contribution in [0.15, 0.2) is 29.2 Å². The smallest absolute Gasteiger partial charge is 0.320 e. The van der Waals surface area contributed by atoms with Gasteiger partial charge in [-0.25, -0.2) is 13.2 Å². The Morgan fingerprint density at radius 2 is 1.86 bits per heavy atom. The first kappa shape index (κ1) is 18.9. The molecule has 1 N–H and O–H groups in total. The van der Waals surface area contributed by atoms with E-state index in [0.29, 0.717) is 30.3 Å². The molecule has 7 nitrogen and oxygen atoms in total. The summed E-state index contributed by atoms with van der Waals surface area (Å²) >= 11 is 0.